The zero-order valence-electron chi connectivity index (χ0n) is 11.8. The molecule has 0 N–H and O–H groups in total. The molecule has 0 bridgehead atoms. The van der Waals surface area contributed by atoms with E-state index in [-0.39, 0.29) is 0 Å². The quantitative estimate of drug-likeness (QED) is 0.797. The molecule has 0 spiro atoms. The van der Waals surface area contributed by atoms with Crippen LogP contribution >= 0.6 is 0 Å². The van der Waals surface area contributed by atoms with Crippen molar-refractivity contribution in [3.8, 4) is 0 Å². The normalized spacial score (nSPS) is 13.9. The number of hydrogen-bond acceptors (Lipinski definition) is 2. The minimum atomic E-state index is -2.40. The van der Waals surface area contributed by atoms with E-state index < -0.39 is 9.73 Å². The molecule has 1 unspecified atom stereocenters. The molecule has 2 aromatic rings. The lowest BCUT2D eigenvalue weighted by Crippen LogP contribution is -1.97. The highest BCUT2D eigenvalue weighted by Crippen LogP contribution is 2.28. The Hall–Kier alpha value is -1.61. The van der Waals surface area contributed by atoms with Crippen molar-refractivity contribution in [1.29, 1.82) is 0 Å². The topological polar surface area (TPSA) is 29.4 Å². The smallest absolute Gasteiger partial charge is 0.0792 e. The lowest BCUT2D eigenvalue weighted by atomic mass is 10.1. The average Bonchev–Trinajstić information content (AvgIpc) is 2.35. The maximum Gasteiger partial charge on any atom is 0.0792 e. The predicted molar refractivity (Wildman–Crippen MR) is 81.5 cm³/mol. The van der Waals surface area contributed by atoms with Gasteiger partial charge in [-0.25, -0.2) is 4.21 Å². The molecular formula is C16H19NOS. The third-order valence-electron chi connectivity index (χ3n) is 3.08. The van der Waals surface area contributed by atoms with E-state index in [0.717, 1.165) is 21.7 Å². The lowest BCUT2D eigenvalue weighted by molar-refractivity contribution is 0.680. The fourth-order valence-electron chi connectivity index (χ4n) is 2.22. The summed E-state index contributed by atoms with van der Waals surface area (Å²) in [6, 6.07) is 13.6. The average molecular weight is 273 g/mol. The van der Waals surface area contributed by atoms with E-state index in [9.17, 15) is 4.21 Å². The van der Waals surface area contributed by atoms with Gasteiger partial charge < -0.3 is 0 Å². The van der Waals surface area contributed by atoms with Gasteiger partial charge in [0.2, 0.25) is 0 Å². The molecule has 0 radical (unpaired) electrons. The van der Waals surface area contributed by atoms with Crippen molar-refractivity contribution in [2.45, 2.75) is 25.7 Å². The first-order valence-corrected chi connectivity index (χ1v) is 8.17. The highest BCUT2D eigenvalue weighted by atomic mass is 32.2. The van der Waals surface area contributed by atoms with Crippen molar-refractivity contribution in [1.82, 2.24) is 0 Å². The molecule has 0 aliphatic heterocycles. The molecule has 19 heavy (non-hydrogen) atoms. The molecule has 0 aromatic heterocycles. The van der Waals surface area contributed by atoms with Crippen molar-refractivity contribution >= 4 is 15.4 Å². The first kappa shape index (κ1) is 13.8. The van der Waals surface area contributed by atoms with Crippen molar-refractivity contribution in [2.75, 3.05) is 6.26 Å². The molecule has 0 saturated carbocycles. The molecule has 2 nitrogen and oxygen atoms in total. The summed E-state index contributed by atoms with van der Waals surface area (Å²) in [5.41, 5.74) is 4.20. The maximum absolute atomic E-state index is 12.8. The molecule has 0 amide bonds. The van der Waals surface area contributed by atoms with Crippen LogP contribution in [0.2, 0.25) is 0 Å². The van der Waals surface area contributed by atoms with Gasteiger partial charge in [-0.2, -0.15) is 4.36 Å². The Morgan fingerprint density at radius 2 is 1.47 bits per heavy atom. The summed E-state index contributed by atoms with van der Waals surface area (Å²) in [5.74, 6) is 0. The van der Waals surface area contributed by atoms with Crippen molar-refractivity contribution in [3.63, 3.8) is 0 Å². The first-order valence-electron chi connectivity index (χ1n) is 6.25. The van der Waals surface area contributed by atoms with E-state index in [4.69, 9.17) is 0 Å². The van der Waals surface area contributed by atoms with Crippen LogP contribution in [0.1, 0.15) is 16.7 Å². The molecule has 0 saturated heterocycles. The summed E-state index contributed by atoms with van der Waals surface area (Å²) in [6.07, 6.45) is 1.70. The highest BCUT2D eigenvalue weighted by Gasteiger charge is 2.09. The Labute approximate surface area is 115 Å². The first-order chi connectivity index (χ1) is 8.90. The monoisotopic (exact) mass is 273 g/mol. The summed E-state index contributed by atoms with van der Waals surface area (Å²) in [4.78, 5) is 0.773. The molecule has 0 aliphatic carbocycles. The van der Waals surface area contributed by atoms with Crippen molar-refractivity contribution in [2.24, 2.45) is 4.36 Å². The van der Waals surface area contributed by atoms with Crippen LogP contribution in [0, 0.1) is 20.8 Å². The number of nitrogens with zero attached hydrogens (tertiary/aromatic N) is 1. The van der Waals surface area contributed by atoms with Crippen molar-refractivity contribution < 1.29 is 4.21 Å². The maximum atomic E-state index is 12.8. The molecule has 2 rings (SSSR count). The van der Waals surface area contributed by atoms with Crippen LogP contribution in [0.15, 0.2) is 51.7 Å². The van der Waals surface area contributed by atoms with E-state index in [0.29, 0.717) is 0 Å². The summed E-state index contributed by atoms with van der Waals surface area (Å²) in [6.45, 7) is 6.09. The van der Waals surface area contributed by atoms with Gasteiger partial charge in [-0.1, -0.05) is 35.9 Å². The predicted octanol–water partition coefficient (Wildman–Crippen LogP) is 4.40. The van der Waals surface area contributed by atoms with Crippen molar-refractivity contribution in [3.05, 3.63) is 59.2 Å². The SMILES string of the molecule is Cc1cc(C)c(N=S(C)(=O)c2ccccc2)c(C)c1. The second-order valence-corrected chi connectivity index (χ2v) is 7.21. The van der Waals surface area contributed by atoms with Crippen LogP contribution < -0.4 is 0 Å². The second kappa shape index (κ2) is 5.17. The van der Waals surface area contributed by atoms with E-state index in [2.05, 4.69) is 23.4 Å². The van der Waals surface area contributed by atoms with Crippen LogP contribution in [-0.4, -0.2) is 10.5 Å². The Balaban J connectivity index is 2.62. The van der Waals surface area contributed by atoms with E-state index >= 15 is 0 Å². The summed E-state index contributed by atoms with van der Waals surface area (Å²) >= 11 is 0. The fourth-order valence-corrected chi connectivity index (χ4v) is 3.62. The van der Waals surface area contributed by atoms with Crippen LogP contribution in [0.4, 0.5) is 5.69 Å². The third-order valence-corrected chi connectivity index (χ3v) is 4.76. The summed E-state index contributed by atoms with van der Waals surface area (Å²) in [7, 11) is -2.40. The zero-order valence-corrected chi connectivity index (χ0v) is 12.6. The number of hydrogen-bond donors (Lipinski definition) is 0. The molecular weight excluding hydrogens is 254 g/mol. The van der Waals surface area contributed by atoms with Gasteiger partial charge in [-0.15, -0.1) is 0 Å². The largest absolute Gasteiger partial charge is 0.245 e. The van der Waals surface area contributed by atoms with Crippen LogP contribution in [-0.2, 0) is 9.73 Å². The molecule has 3 heteroatoms. The van der Waals surface area contributed by atoms with Gasteiger partial charge in [0, 0.05) is 11.2 Å². The Morgan fingerprint density at radius 1 is 0.947 bits per heavy atom. The lowest BCUT2D eigenvalue weighted by Gasteiger charge is -2.09. The number of benzene rings is 2. The summed E-state index contributed by atoms with van der Waals surface area (Å²) in [5, 5.41) is 0. The number of rotatable bonds is 2. The van der Waals surface area contributed by atoms with Crippen LogP contribution in [0.3, 0.4) is 0 Å². The van der Waals surface area contributed by atoms with Gasteiger partial charge in [0.05, 0.1) is 15.4 Å². The Bertz CT molecular complexity index is 688. The molecule has 2 aromatic carbocycles. The summed E-state index contributed by atoms with van der Waals surface area (Å²) < 4.78 is 17.3. The third kappa shape index (κ3) is 3.04. The molecule has 0 fully saturated rings. The Morgan fingerprint density at radius 3 is 2.00 bits per heavy atom. The minimum absolute atomic E-state index is 0.773. The van der Waals surface area contributed by atoms with E-state index in [1.807, 2.05) is 44.2 Å². The van der Waals surface area contributed by atoms with Gasteiger partial charge in [0.1, 0.15) is 0 Å². The van der Waals surface area contributed by atoms with Gasteiger partial charge >= 0.3 is 0 Å². The molecule has 0 heterocycles. The van der Waals surface area contributed by atoms with Gasteiger partial charge in [-0.05, 0) is 44.0 Å². The highest BCUT2D eigenvalue weighted by molar-refractivity contribution is 7.93. The fraction of sp³-hybridized carbons (Fsp3) is 0.250. The van der Waals surface area contributed by atoms with Crippen LogP contribution in [0.25, 0.3) is 0 Å². The standard InChI is InChI=1S/C16H19NOS/c1-12-10-13(2)16(14(3)11-12)17-19(4,18)15-8-6-5-7-9-15/h5-11H,1-4H3. The molecule has 0 aliphatic rings. The van der Waals surface area contributed by atoms with E-state index in [1.54, 1.807) is 6.26 Å². The molecule has 100 valence electrons. The number of aryl methyl sites for hydroxylation is 3. The molecule has 1 atom stereocenters. The minimum Gasteiger partial charge on any atom is -0.245 e. The van der Waals surface area contributed by atoms with Gasteiger partial charge in [-0.3, -0.25) is 0 Å². The Kier molecular flexibility index (Phi) is 3.76. The second-order valence-electron chi connectivity index (χ2n) is 4.95. The van der Waals surface area contributed by atoms with Crippen LogP contribution in [0.5, 0.6) is 0 Å². The van der Waals surface area contributed by atoms with Gasteiger partial charge in [0.15, 0.2) is 0 Å². The van der Waals surface area contributed by atoms with E-state index in [1.165, 1.54) is 5.56 Å². The zero-order chi connectivity index (χ0) is 14.0. The van der Waals surface area contributed by atoms with Gasteiger partial charge in [0.25, 0.3) is 0 Å².